The first-order valence-corrected chi connectivity index (χ1v) is 6.00. The third-order valence-electron chi connectivity index (χ3n) is 2.65. The van der Waals surface area contributed by atoms with Gasteiger partial charge < -0.3 is 9.73 Å². The summed E-state index contributed by atoms with van der Waals surface area (Å²) in [7, 11) is 0. The highest BCUT2D eigenvalue weighted by molar-refractivity contribution is 5.53. The smallest absolute Gasteiger partial charge is 0.247 e. The van der Waals surface area contributed by atoms with E-state index in [1.165, 1.54) is 6.07 Å². The summed E-state index contributed by atoms with van der Waals surface area (Å²) in [5, 5.41) is 11.0. The fourth-order valence-electron chi connectivity index (χ4n) is 1.57. The Morgan fingerprint density at radius 2 is 2.17 bits per heavy atom. The van der Waals surface area contributed by atoms with E-state index >= 15 is 0 Å². The van der Waals surface area contributed by atoms with Crippen molar-refractivity contribution in [3.63, 3.8) is 0 Å². The number of nitrogens with one attached hydrogen (secondary N) is 1. The van der Waals surface area contributed by atoms with Gasteiger partial charge >= 0.3 is 0 Å². The molecule has 0 aliphatic carbocycles. The van der Waals surface area contributed by atoms with Crippen LogP contribution in [0, 0.1) is 12.7 Å². The molecule has 5 heteroatoms. The van der Waals surface area contributed by atoms with Crippen molar-refractivity contribution in [3.05, 3.63) is 35.5 Å². The number of aryl methyl sites for hydroxylation is 1. The van der Waals surface area contributed by atoms with E-state index in [4.69, 9.17) is 4.42 Å². The number of benzene rings is 1. The lowest BCUT2D eigenvalue weighted by Gasteiger charge is -1.98. The van der Waals surface area contributed by atoms with Crippen molar-refractivity contribution < 1.29 is 8.81 Å². The van der Waals surface area contributed by atoms with E-state index in [1.807, 2.05) is 6.92 Å². The van der Waals surface area contributed by atoms with Crippen LogP contribution in [0.2, 0.25) is 0 Å². The molecule has 18 heavy (non-hydrogen) atoms. The second-order valence-corrected chi connectivity index (χ2v) is 4.07. The number of hydrogen-bond donors (Lipinski definition) is 1. The van der Waals surface area contributed by atoms with E-state index in [1.54, 1.807) is 19.1 Å². The van der Waals surface area contributed by atoms with Gasteiger partial charge in [0, 0.05) is 18.5 Å². The third kappa shape index (κ3) is 2.92. The minimum absolute atomic E-state index is 0.264. The Morgan fingerprint density at radius 1 is 1.33 bits per heavy atom. The van der Waals surface area contributed by atoms with Gasteiger partial charge in [0.1, 0.15) is 5.82 Å². The maximum absolute atomic E-state index is 13.4. The minimum atomic E-state index is -0.264. The Hall–Kier alpha value is -1.75. The summed E-state index contributed by atoms with van der Waals surface area (Å²) >= 11 is 0. The van der Waals surface area contributed by atoms with Crippen LogP contribution in [0.3, 0.4) is 0 Å². The Kier molecular flexibility index (Phi) is 4.04. The molecule has 1 N–H and O–H groups in total. The van der Waals surface area contributed by atoms with Crippen LogP contribution in [0.1, 0.15) is 18.4 Å². The molecule has 0 atom stereocenters. The van der Waals surface area contributed by atoms with Crippen LogP contribution in [0.5, 0.6) is 0 Å². The molecule has 4 nitrogen and oxygen atoms in total. The van der Waals surface area contributed by atoms with Crippen molar-refractivity contribution >= 4 is 0 Å². The highest BCUT2D eigenvalue weighted by Gasteiger charge is 2.09. The molecule has 2 aromatic rings. The number of nitrogens with zero attached hydrogens (tertiary/aromatic N) is 2. The SMILES string of the molecule is CCNCCc1nnc(-c2ccc(C)c(F)c2)o1. The second-order valence-electron chi connectivity index (χ2n) is 4.07. The van der Waals surface area contributed by atoms with E-state index in [0.717, 1.165) is 13.1 Å². The molecule has 0 unspecified atom stereocenters. The fraction of sp³-hybridized carbons (Fsp3) is 0.385. The summed E-state index contributed by atoms with van der Waals surface area (Å²) in [5.74, 6) is 0.659. The molecule has 0 saturated heterocycles. The van der Waals surface area contributed by atoms with Crippen molar-refractivity contribution in [2.24, 2.45) is 0 Å². The molecule has 2 rings (SSSR count). The Bertz CT molecular complexity index is 525. The fourth-order valence-corrected chi connectivity index (χ4v) is 1.57. The van der Waals surface area contributed by atoms with E-state index in [-0.39, 0.29) is 5.82 Å². The van der Waals surface area contributed by atoms with Gasteiger partial charge in [-0.15, -0.1) is 10.2 Å². The highest BCUT2D eigenvalue weighted by Crippen LogP contribution is 2.20. The summed E-state index contributed by atoms with van der Waals surface area (Å²) in [6, 6.07) is 4.89. The molecule has 1 aromatic heterocycles. The van der Waals surface area contributed by atoms with Gasteiger partial charge in [-0.3, -0.25) is 0 Å². The van der Waals surface area contributed by atoms with E-state index in [2.05, 4.69) is 15.5 Å². The van der Waals surface area contributed by atoms with Gasteiger partial charge in [0.2, 0.25) is 11.8 Å². The van der Waals surface area contributed by atoms with Gasteiger partial charge in [-0.05, 0) is 31.2 Å². The van der Waals surface area contributed by atoms with Gasteiger partial charge in [-0.25, -0.2) is 4.39 Å². The zero-order valence-electron chi connectivity index (χ0n) is 10.5. The molecule has 0 aliphatic rings. The highest BCUT2D eigenvalue weighted by atomic mass is 19.1. The van der Waals surface area contributed by atoms with Gasteiger partial charge in [0.15, 0.2) is 0 Å². The maximum Gasteiger partial charge on any atom is 0.247 e. The van der Waals surface area contributed by atoms with E-state index in [0.29, 0.717) is 29.3 Å². The lowest BCUT2D eigenvalue weighted by Crippen LogP contribution is -2.16. The van der Waals surface area contributed by atoms with E-state index in [9.17, 15) is 4.39 Å². The van der Waals surface area contributed by atoms with Gasteiger partial charge in [-0.2, -0.15) is 0 Å². The third-order valence-corrected chi connectivity index (χ3v) is 2.65. The number of rotatable bonds is 5. The molecule has 0 amide bonds. The van der Waals surface area contributed by atoms with Crippen molar-refractivity contribution in [1.82, 2.24) is 15.5 Å². The molecule has 0 saturated carbocycles. The quantitative estimate of drug-likeness (QED) is 0.826. The standard InChI is InChI=1S/C13H16FN3O/c1-3-15-7-6-12-16-17-13(18-12)10-5-4-9(2)11(14)8-10/h4-5,8,15H,3,6-7H2,1-2H3. The zero-order chi connectivity index (χ0) is 13.0. The predicted molar refractivity (Wildman–Crippen MR) is 66.7 cm³/mol. The first-order chi connectivity index (χ1) is 8.70. The monoisotopic (exact) mass is 249 g/mol. The normalized spacial score (nSPS) is 10.8. The predicted octanol–water partition coefficient (Wildman–Crippen LogP) is 2.34. The average Bonchev–Trinajstić information content (AvgIpc) is 2.82. The lowest BCUT2D eigenvalue weighted by atomic mass is 10.1. The maximum atomic E-state index is 13.4. The summed E-state index contributed by atoms with van der Waals surface area (Å²) in [5.41, 5.74) is 1.21. The average molecular weight is 249 g/mol. The van der Waals surface area contributed by atoms with Crippen LogP contribution < -0.4 is 5.32 Å². The van der Waals surface area contributed by atoms with Gasteiger partial charge in [0.25, 0.3) is 0 Å². The van der Waals surface area contributed by atoms with Crippen LogP contribution in [0.4, 0.5) is 4.39 Å². The molecule has 0 aliphatic heterocycles. The molecule has 1 aromatic carbocycles. The molecule has 0 radical (unpaired) electrons. The largest absolute Gasteiger partial charge is 0.421 e. The Balaban J connectivity index is 2.11. The number of hydrogen-bond acceptors (Lipinski definition) is 4. The van der Waals surface area contributed by atoms with Crippen LogP contribution in [0.25, 0.3) is 11.5 Å². The summed E-state index contributed by atoms with van der Waals surface area (Å²) in [6.07, 6.45) is 0.676. The molecular formula is C13H16FN3O. The van der Waals surface area contributed by atoms with Crippen LogP contribution >= 0.6 is 0 Å². The first kappa shape index (κ1) is 12.7. The topological polar surface area (TPSA) is 51.0 Å². The van der Waals surface area contributed by atoms with Crippen LogP contribution in [-0.4, -0.2) is 23.3 Å². The number of likely N-dealkylation sites (N-methyl/N-ethyl adjacent to an activating group) is 1. The molecule has 0 spiro atoms. The minimum Gasteiger partial charge on any atom is -0.421 e. The summed E-state index contributed by atoms with van der Waals surface area (Å²) < 4.78 is 18.9. The Labute approximate surface area is 105 Å². The number of aromatic nitrogens is 2. The van der Waals surface area contributed by atoms with Crippen molar-refractivity contribution in [2.75, 3.05) is 13.1 Å². The van der Waals surface area contributed by atoms with E-state index < -0.39 is 0 Å². The van der Waals surface area contributed by atoms with Crippen molar-refractivity contribution in [3.8, 4) is 11.5 Å². The molecular weight excluding hydrogens is 233 g/mol. The second kappa shape index (κ2) is 5.73. The molecule has 0 bridgehead atoms. The number of halogens is 1. The van der Waals surface area contributed by atoms with Crippen molar-refractivity contribution in [2.45, 2.75) is 20.3 Å². The Morgan fingerprint density at radius 3 is 2.89 bits per heavy atom. The van der Waals surface area contributed by atoms with Crippen LogP contribution in [-0.2, 0) is 6.42 Å². The summed E-state index contributed by atoms with van der Waals surface area (Å²) in [6.45, 7) is 5.45. The van der Waals surface area contributed by atoms with Gasteiger partial charge in [-0.1, -0.05) is 13.0 Å². The molecule has 0 fully saturated rings. The first-order valence-electron chi connectivity index (χ1n) is 6.00. The van der Waals surface area contributed by atoms with Crippen LogP contribution in [0.15, 0.2) is 22.6 Å². The molecule has 1 heterocycles. The zero-order valence-corrected chi connectivity index (χ0v) is 10.5. The van der Waals surface area contributed by atoms with Gasteiger partial charge in [0.05, 0.1) is 0 Å². The van der Waals surface area contributed by atoms with Crippen molar-refractivity contribution in [1.29, 1.82) is 0 Å². The summed E-state index contributed by atoms with van der Waals surface area (Å²) in [4.78, 5) is 0. The molecule has 96 valence electrons. The lowest BCUT2D eigenvalue weighted by molar-refractivity contribution is 0.496.